The molecule has 0 unspecified atom stereocenters. The van der Waals surface area contributed by atoms with Crippen LogP contribution in [0.4, 0.5) is 0 Å². The number of nitrogens with zero attached hydrogens (tertiary/aromatic N) is 1. The highest BCUT2D eigenvalue weighted by Gasteiger charge is 2.04. The van der Waals surface area contributed by atoms with Gasteiger partial charge in [0.25, 0.3) is 0 Å². The van der Waals surface area contributed by atoms with Crippen LogP contribution in [0.5, 0.6) is 5.75 Å². The van der Waals surface area contributed by atoms with Crippen LogP contribution in [0.1, 0.15) is 16.7 Å². The standard InChI is InChI=1S/C22H19NO/c1-17-15-18(13-14-23)7-12-22(17)20-8-10-21(11-9-20)24-16-19-5-3-2-4-6-19/h2-12,15H,13,16H2,1H3. The zero-order valence-electron chi connectivity index (χ0n) is 13.7. The summed E-state index contributed by atoms with van der Waals surface area (Å²) in [4.78, 5) is 0. The minimum Gasteiger partial charge on any atom is -0.489 e. The van der Waals surface area contributed by atoms with Crippen LogP contribution in [0.3, 0.4) is 0 Å². The van der Waals surface area contributed by atoms with Gasteiger partial charge in [-0.05, 0) is 46.9 Å². The van der Waals surface area contributed by atoms with Gasteiger partial charge in [0.05, 0.1) is 12.5 Å². The van der Waals surface area contributed by atoms with Crippen molar-refractivity contribution in [3.63, 3.8) is 0 Å². The van der Waals surface area contributed by atoms with E-state index in [-0.39, 0.29) is 0 Å². The van der Waals surface area contributed by atoms with E-state index in [1.165, 1.54) is 11.1 Å². The van der Waals surface area contributed by atoms with E-state index in [0.717, 1.165) is 22.4 Å². The Balaban J connectivity index is 1.71. The summed E-state index contributed by atoms with van der Waals surface area (Å²) in [6.07, 6.45) is 0.452. The second-order valence-electron chi connectivity index (χ2n) is 5.78. The molecule has 0 amide bonds. The van der Waals surface area contributed by atoms with Gasteiger partial charge in [-0.3, -0.25) is 0 Å². The van der Waals surface area contributed by atoms with Gasteiger partial charge in [-0.1, -0.05) is 60.7 Å². The van der Waals surface area contributed by atoms with Gasteiger partial charge in [0.15, 0.2) is 0 Å². The molecule has 2 heteroatoms. The predicted octanol–water partition coefficient (Wildman–Crippen LogP) is 5.31. The van der Waals surface area contributed by atoms with Gasteiger partial charge in [0.2, 0.25) is 0 Å². The molecule has 0 N–H and O–H groups in total. The van der Waals surface area contributed by atoms with E-state index in [2.05, 4.69) is 49.4 Å². The van der Waals surface area contributed by atoms with Crippen LogP contribution < -0.4 is 4.74 Å². The van der Waals surface area contributed by atoms with E-state index in [0.29, 0.717) is 13.0 Å². The molecule has 0 aliphatic heterocycles. The SMILES string of the molecule is Cc1cc(CC#N)ccc1-c1ccc(OCc2ccccc2)cc1. The summed E-state index contributed by atoms with van der Waals surface area (Å²) in [5, 5.41) is 8.80. The van der Waals surface area contributed by atoms with E-state index in [9.17, 15) is 0 Å². The average Bonchev–Trinajstić information content (AvgIpc) is 2.62. The van der Waals surface area contributed by atoms with E-state index in [4.69, 9.17) is 10.00 Å². The third kappa shape index (κ3) is 3.83. The summed E-state index contributed by atoms with van der Waals surface area (Å²) in [6, 6.07) is 26.7. The molecule has 0 heterocycles. The molecule has 0 aliphatic rings. The van der Waals surface area contributed by atoms with Gasteiger partial charge in [0.1, 0.15) is 12.4 Å². The number of rotatable bonds is 5. The van der Waals surface area contributed by atoms with Crippen LogP contribution in [-0.4, -0.2) is 0 Å². The molecule has 24 heavy (non-hydrogen) atoms. The smallest absolute Gasteiger partial charge is 0.119 e. The van der Waals surface area contributed by atoms with E-state index < -0.39 is 0 Å². The molecule has 118 valence electrons. The zero-order chi connectivity index (χ0) is 16.8. The first kappa shape index (κ1) is 15.8. The summed E-state index contributed by atoms with van der Waals surface area (Å²) in [5.74, 6) is 0.862. The van der Waals surface area contributed by atoms with Crippen LogP contribution in [0.2, 0.25) is 0 Å². The molecular formula is C22H19NO. The van der Waals surface area contributed by atoms with Gasteiger partial charge < -0.3 is 4.74 Å². The number of aryl methyl sites for hydroxylation is 1. The van der Waals surface area contributed by atoms with Gasteiger partial charge in [-0.25, -0.2) is 0 Å². The molecule has 0 spiro atoms. The highest BCUT2D eigenvalue weighted by Crippen LogP contribution is 2.26. The van der Waals surface area contributed by atoms with Gasteiger partial charge >= 0.3 is 0 Å². The fraction of sp³-hybridized carbons (Fsp3) is 0.136. The van der Waals surface area contributed by atoms with Crippen molar-refractivity contribution in [2.75, 3.05) is 0 Å². The molecule has 3 rings (SSSR count). The Kier molecular flexibility index (Phi) is 4.93. The third-order valence-electron chi connectivity index (χ3n) is 3.99. The fourth-order valence-corrected chi connectivity index (χ4v) is 2.72. The van der Waals surface area contributed by atoms with Crippen molar-refractivity contribution in [2.24, 2.45) is 0 Å². The van der Waals surface area contributed by atoms with Crippen molar-refractivity contribution < 1.29 is 4.74 Å². The first-order chi connectivity index (χ1) is 11.8. The normalized spacial score (nSPS) is 10.2. The summed E-state index contributed by atoms with van der Waals surface area (Å²) in [5.41, 5.74) is 5.74. The van der Waals surface area contributed by atoms with E-state index in [1.54, 1.807) is 0 Å². The summed E-state index contributed by atoms with van der Waals surface area (Å²) in [7, 11) is 0. The molecule has 0 aromatic heterocycles. The maximum atomic E-state index is 8.80. The van der Waals surface area contributed by atoms with Crippen LogP contribution in [0.15, 0.2) is 72.8 Å². The molecule has 0 saturated heterocycles. The lowest BCUT2D eigenvalue weighted by atomic mass is 9.97. The topological polar surface area (TPSA) is 33.0 Å². The van der Waals surface area contributed by atoms with Gasteiger partial charge in [-0.2, -0.15) is 5.26 Å². The van der Waals surface area contributed by atoms with Crippen molar-refractivity contribution in [3.05, 3.63) is 89.5 Å². The molecule has 3 aromatic carbocycles. The van der Waals surface area contributed by atoms with Crippen molar-refractivity contribution in [2.45, 2.75) is 20.0 Å². The monoisotopic (exact) mass is 313 g/mol. The summed E-state index contributed by atoms with van der Waals surface area (Å²) < 4.78 is 5.83. The quantitative estimate of drug-likeness (QED) is 0.639. The van der Waals surface area contributed by atoms with Crippen molar-refractivity contribution in [3.8, 4) is 22.9 Å². The largest absolute Gasteiger partial charge is 0.489 e. The maximum Gasteiger partial charge on any atom is 0.119 e. The van der Waals surface area contributed by atoms with Crippen molar-refractivity contribution >= 4 is 0 Å². The minimum atomic E-state index is 0.452. The highest BCUT2D eigenvalue weighted by molar-refractivity contribution is 5.68. The number of hydrogen-bond donors (Lipinski definition) is 0. The first-order valence-electron chi connectivity index (χ1n) is 8.00. The lowest BCUT2D eigenvalue weighted by molar-refractivity contribution is 0.306. The Morgan fingerprint density at radius 1 is 0.875 bits per heavy atom. The Morgan fingerprint density at radius 3 is 2.29 bits per heavy atom. The Hall–Kier alpha value is -3.05. The summed E-state index contributed by atoms with van der Waals surface area (Å²) in [6.45, 7) is 2.65. The second kappa shape index (κ2) is 7.48. The first-order valence-corrected chi connectivity index (χ1v) is 8.00. The predicted molar refractivity (Wildman–Crippen MR) is 96.7 cm³/mol. The van der Waals surface area contributed by atoms with E-state index in [1.807, 2.05) is 36.4 Å². The van der Waals surface area contributed by atoms with Crippen LogP contribution in [0, 0.1) is 18.3 Å². The number of benzene rings is 3. The molecule has 0 aliphatic carbocycles. The number of hydrogen-bond acceptors (Lipinski definition) is 2. The number of ether oxygens (including phenoxy) is 1. The summed E-state index contributed by atoms with van der Waals surface area (Å²) >= 11 is 0. The van der Waals surface area contributed by atoms with Gasteiger partial charge in [-0.15, -0.1) is 0 Å². The van der Waals surface area contributed by atoms with E-state index >= 15 is 0 Å². The molecule has 0 saturated carbocycles. The van der Waals surface area contributed by atoms with Gasteiger partial charge in [0, 0.05) is 0 Å². The zero-order valence-corrected chi connectivity index (χ0v) is 13.7. The molecule has 3 aromatic rings. The molecule has 2 nitrogen and oxygen atoms in total. The Morgan fingerprint density at radius 2 is 1.62 bits per heavy atom. The lowest BCUT2D eigenvalue weighted by Crippen LogP contribution is -1.95. The third-order valence-corrected chi connectivity index (χ3v) is 3.99. The lowest BCUT2D eigenvalue weighted by Gasteiger charge is -2.10. The van der Waals surface area contributed by atoms with Crippen molar-refractivity contribution in [1.29, 1.82) is 5.26 Å². The highest BCUT2D eigenvalue weighted by atomic mass is 16.5. The molecule has 0 bridgehead atoms. The Bertz CT molecular complexity index is 845. The fourth-order valence-electron chi connectivity index (χ4n) is 2.72. The Labute approximate surface area is 143 Å². The molecule has 0 radical (unpaired) electrons. The van der Waals surface area contributed by atoms with Crippen LogP contribution >= 0.6 is 0 Å². The van der Waals surface area contributed by atoms with Crippen molar-refractivity contribution in [1.82, 2.24) is 0 Å². The average molecular weight is 313 g/mol. The second-order valence-corrected chi connectivity index (χ2v) is 5.78. The molecular weight excluding hydrogens is 294 g/mol. The maximum absolute atomic E-state index is 8.80. The van der Waals surface area contributed by atoms with Crippen LogP contribution in [0.25, 0.3) is 11.1 Å². The minimum absolute atomic E-state index is 0.452. The molecule has 0 fully saturated rings. The molecule has 0 atom stereocenters. The number of nitriles is 1. The van der Waals surface area contributed by atoms with Crippen LogP contribution in [-0.2, 0) is 13.0 Å².